The lowest BCUT2D eigenvalue weighted by atomic mass is 10.0. The third-order valence-electron chi connectivity index (χ3n) is 2.98. The zero-order chi connectivity index (χ0) is 14.2. The molecule has 102 valence electrons. The Balaban J connectivity index is 2.41. The topological polar surface area (TPSA) is 69.7 Å². The summed E-state index contributed by atoms with van der Waals surface area (Å²) < 4.78 is 5.09. The molecule has 1 aliphatic heterocycles. The summed E-state index contributed by atoms with van der Waals surface area (Å²) in [5.41, 5.74) is 0.773. The van der Waals surface area contributed by atoms with Gasteiger partial charge in [0.2, 0.25) is 0 Å². The number of fused-ring (bicyclic) bond motifs is 1. The maximum atomic E-state index is 11.3. The van der Waals surface area contributed by atoms with Crippen molar-refractivity contribution in [1.29, 1.82) is 0 Å². The van der Waals surface area contributed by atoms with Gasteiger partial charge in [0.25, 0.3) is 0 Å². The molecule has 0 saturated carbocycles. The number of carboxylic acid groups (broad SMARTS) is 1. The molecule has 0 aliphatic carbocycles. The quantitative estimate of drug-likeness (QED) is 0.568. The highest BCUT2D eigenvalue weighted by Crippen LogP contribution is 2.32. The van der Waals surface area contributed by atoms with Crippen LogP contribution in [0, 0.1) is 0 Å². The van der Waals surface area contributed by atoms with Crippen molar-refractivity contribution in [2.75, 3.05) is 4.90 Å². The molecule has 0 spiro atoms. The number of carbonyl (C=O) groups excluding carboxylic acids is 2. The lowest BCUT2D eigenvalue weighted by molar-refractivity contribution is -0.247. The summed E-state index contributed by atoms with van der Waals surface area (Å²) in [6, 6.07) is 4.99. The Bertz CT molecular complexity index is 531. The molecule has 1 aliphatic rings. The maximum absolute atomic E-state index is 11.3. The standard InChI is InChI=1S/C14H17NO4/c1-14(2,3)15(13(17)18)10-5-6-11-9(8-10)4-7-12(16)19-11/h5-6,8H,4,7H2,1-3H3,(H,17,18)/p-1. The van der Waals surface area contributed by atoms with E-state index in [1.165, 1.54) is 4.90 Å². The van der Waals surface area contributed by atoms with Crippen LogP contribution in [0.4, 0.5) is 10.5 Å². The lowest BCUT2D eigenvalue weighted by Crippen LogP contribution is -2.52. The van der Waals surface area contributed by atoms with Crippen molar-refractivity contribution < 1.29 is 19.4 Å². The minimum atomic E-state index is -1.25. The normalized spacial score (nSPS) is 14.6. The molecule has 0 radical (unpaired) electrons. The van der Waals surface area contributed by atoms with Crippen LogP contribution in [0.15, 0.2) is 18.2 Å². The average molecular weight is 262 g/mol. The summed E-state index contributed by atoms with van der Waals surface area (Å²) in [7, 11) is 0. The van der Waals surface area contributed by atoms with Gasteiger partial charge in [0.05, 0.1) is 6.42 Å². The zero-order valence-corrected chi connectivity index (χ0v) is 11.2. The monoisotopic (exact) mass is 262 g/mol. The van der Waals surface area contributed by atoms with Crippen molar-refractivity contribution in [3.63, 3.8) is 0 Å². The number of anilines is 1. The molecule has 1 aromatic rings. The minimum Gasteiger partial charge on any atom is -0.530 e. The predicted octanol–water partition coefficient (Wildman–Crippen LogP) is 1.49. The Morgan fingerprint density at radius 1 is 1.32 bits per heavy atom. The second-order valence-corrected chi connectivity index (χ2v) is 5.54. The van der Waals surface area contributed by atoms with Gasteiger partial charge in [-0.05, 0) is 51.0 Å². The van der Waals surface area contributed by atoms with Crippen LogP contribution in [-0.2, 0) is 11.2 Å². The van der Waals surface area contributed by atoms with E-state index in [-0.39, 0.29) is 5.97 Å². The summed E-state index contributed by atoms with van der Waals surface area (Å²) in [6.07, 6.45) is -0.370. The molecule has 1 aromatic carbocycles. The van der Waals surface area contributed by atoms with E-state index in [9.17, 15) is 14.7 Å². The van der Waals surface area contributed by atoms with Gasteiger partial charge >= 0.3 is 5.97 Å². The molecule has 5 heteroatoms. The Hall–Kier alpha value is -2.04. The molecule has 0 bridgehead atoms. The van der Waals surface area contributed by atoms with Crippen LogP contribution in [0.5, 0.6) is 5.75 Å². The Morgan fingerprint density at radius 2 is 2.00 bits per heavy atom. The number of nitrogens with zero attached hydrogens (tertiary/aromatic N) is 1. The van der Waals surface area contributed by atoms with Crippen molar-refractivity contribution in [2.45, 2.75) is 39.2 Å². The van der Waals surface area contributed by atoms with Crippen LogP contribution in [-0.4, -0.2) is 17.6 Å². The summed E-state index contributed by atoms with van der Waals surface area (Å²) >= 11 is 0. The smallest absolute Gasteiger partial charge is 0.311 e. The van der Waals surface area contributed by atoms with Gasteiger partial charge in [0.1, 0.15) is 11.8 Å². The molecular formula is C14H16NO4-. The maximum Gasteiger partial charge on any atom is 0.311 e. The van der Waals surface area contributed by atoms with E-state index in [4.69, 9.17) is 4.74 Å². The summed E-state index contributed by atoms with van der Waals surface area (Å²) in [4.78, 5) is 23.7. The molecule has 0 fully saturated rings. The van der Waals surface area contributed by atoms with Crippen LogP contribution in [0.3, 0.4) is 0 Å². The summed E-state index contributed by atoms with van der Waals surface area (Å²) in [5, 5.41) is 11.3. The minimum absolute atomic E-state index is 0.257. The fourth-order valence-electron chi connectivity index (χ4n) is 2.18. The highest BCUT2D eigenvalue weighted by Gasteiger charge is 2.25. The second-order valence-electron chi connectivity index (χ2n) is 5.54. The van der Waals surface area contributed by atoms with Crippen LogP contribution in [0.25, 0.3) is 0 Å². The Morgan fingerprint density at radius 3 is 2.58 bits per heavy atom. The number of hydrogen-bond donors (Lipinski definition) is 0. The van der Waals surface area contributed by atoms with Gasteiger partial charge < -0.3 is 19.5 Å². The molecule has 0 saturated heterocycles. The van der Waals surface area contributed by atoms with Crippen LogP contribution < -0.4 is 14.7 Å². The number of amides is 1. The molecule has 1 amide bonds. The van der Waals surface area contributed by atoms with Crippen molar-refractivity contribution >= 4 is 17.7 Å². The van der Waals surface area contributed by atoms with Gasteiger partial charge in [0.15, 0.2) is 0 Å². The van der Waals surface area contributed by atoms with Gasteiger partial charge in [-0.3, -0.25) is 4.79 Å². The van der Waals surface area contributed by atoms with E-state index >= 15 is 0 Å². The second kappa shape index (κ2) is 4.57. The lowest BCUT2D eigenvalue weighted by Gasteiger charge is -2.38. The highest BCUT2D eigenvalue weighted by atomic mass is 16.5. The van der Waals surface area contributed by atoms with E-state index in [2.05, 4.69) is 0 Å². The van der Waals surface area contributed by atoms with Gasteiger partial charge in [-0.2, -0.15) is 0 Å². The Labute approximate surface area is 111 Å². The summed E-state index contributed by atoms with van der Waals surface area (Å²) in [6.45, 7) is 5.38. The fourth-order valence-corrected chi connectivity index (χ4v) is 2.18. The van der Waals surface area contributed by atoms with Crippen LogP contribution in [0.1, 0.15) is 32.8 Å². The first-order valence-corrected chi connectivity index (χ1v) is 6.14. The number of carbonyl (C=O) groups is 2. The van der Waals surface area contributed by atoms with Gasteiger partial charge in [-0.25, -0.2) is 0 Å². The van der Waals surface area contributed by atoms with Crippen LogP contribution >= 0.6 is 0 Å². The predicted molar refractivity (Wildman–Crippen MR) is 68.0 cm³/mol. The molecule has 0 atom stereocenters. The van der Waals surface area contributed by atoms with Crippen molar-refractivity contribution in [3.05, 3.63) is 23.8 Å². The van der Waals surface area contributed by atoms with Crippen LogP contribution in [0.2, 0.25) is 0 Å². The molecule has 0 unspecified atom stereocenters. The molecule has 19 heavy (non-hydrogen) atoms. The Kier molecular flexibility index (Phi) is 3.22. The number of benzene rings is 1. The highest BCUT2D eigenvalue weighted by molar-refractivity contribution is 5.86. The molecule has 2 rings (SSSR count). The number of esters is 1. The third-order valence-corrected chi connectivity index (χ3v) is 2.98. The van der Waals surface area contributed by atoms with E-state index in [1.807, 2.05) is 0 Å². The average Bonchev–Trinajstić information content (AvgIpc) is 2.27. The molecule has 5 nitrogen and oxygen atoms in total. The SMILES string of the molecule is CC(C)(C)N(C(=O)[O-])c1ccc2c(c1)CCC(=O)O2. The van der Waals surface area contributed by atoms with Gasteiger partial charge in [-0.15, -0.1) is 0 Å². The van der Waals surface area contributed by atoms with Crippen molar-refractivity contribution in [1.82, 2.24) is 0 Å². The van der Waals surface area contributed by atoms with Crippen molar-refractivity contribution in [2.24, 2.45) is 0 Å². The first kappa shape index (κ1) is 13.4. The number of aryl methyl sites for hydroxylation is 1. The summed E-state index contributed by atoms with van der Waals surface area (Å²) in [5.74, 6) is 0.250. The van der Waals surface area contributed by atoms with E-state index < -0.39 is 11.6 Å². The first-order chi connectivity index (χ1) is 8.79. The zero-order valence-electron chi connectivity index (χ0n) is 11.2. The van der Waals surface area contributed by atoms with Crippen molar-refractivity contribution in [3.8, 4) is 5.75 Å². The van der Waals surface area contributed by atoms with E-state index in [1.54, 1.807) is 39.0 Å². The fraction of sp³-hybridized carbons (Fsp3) is 0.429. The molecule has 0 aromatic heterocycles. The number of rotatable bonds is 1. The molecule has 1 heterocycles. The first-order valence-electron chi connectivity index (χ1n) is 6.14. The van der Waals surface area contributed by atoms with E-state index in [0.29, 0.717) is 24.3 Å². The van der Waals surface area contributed by atoms with Gasteiger partial charge in [-0.1, -0.05) is 0 Å². The number of ether oxygens (including phenoxy) is 1. The largest absolute Gasteiger partial charge is 0.530 e. The van der Waals surface area contributed by atoms with E-state index in [0.717, 1.165) is 5.56 Å². The molecular weight excluding hydrogens is 246 g/mol. The molecule has 0 N–H and O–H groups in total. The van der Waals surface area contributed by atoms with Gasteiger partial charge in [0, 0.05) is 11.2 Å². The third kappa shape index (κ3) is 2.70. The number of hydrogen-bond acceptors (Lipinski definition) is 4.